The van der Waals surface area contributed by atoms with Gasteiger partial charge in [0, 0.05) is 11.3 Å². The Balaban J connectivity index is 1.64. The van der Waals surface area contributed by atoms with Crippen molar-refractivity contribution < 1.29 is 30.3 Å². The third-order valence-electron chi connectivity index (χ3n) is 10.3. The van der Waals surface area contributed by atoms with Crippen LogP contribution in [0.4, 0.5) is 0 Å². The highest BCUT2D eigenvalue weighted by Crippen LogP contribution is 2.68. The van der Waals surface area contributed by atoms with E-state index in [1.54, 1.807) is 19.9 Å². The fourth-order valence-electron chi connectivity index (χ4n) is 8.42. The second-order valence-electron chi connectivity index (χ2n) is 13.1. The molecule has 0 aliphatic heterocycles. The van der Waals surface area contributed by atoms with Gasteiger partial charge in [-0.1, -0.05) is 13.8 Å². The zero-order valence-electron chi connectivity index (χ0n) is 21.0. The molecule has 0 aromatic rings. The Morgan fingerprint density at radius 1 is 1.00 bits per heavy atom. The molecule has 5 N–H and O–H groups in total. The largest absolute Gasteiger partial charge is 0.390 e. The van der Waals surface area contributed by atoms with Crippen LogP contribution in [0.15, 0.2) is 11.6 Å². The first kappa shape index (κ1) is 25.3. The summed E-state index contributed by atoms with van der Waals surface area (Å²) in [5.74, 6) is -0.509. The predicted molar refractivity (Wildman–Crippen MR) is 125 cm³/mol. The van der Waals surface area contributed by atoms with E-state index in [2.05, 4.69) is 6.92 Å². The molecule has 0 bridgehead atoms. The molecule has 2 unspecified atom stereocenters. The van der Waals surface area contributed by atoms with E-state index in [1.165, 1.54) is 0 Å². The van der Waals surface area contributed by atoms with Crippen LogP contribution in [0, 0.1) is 28.6 Å². The van der Waals surface area contributed by atoms with Crippen LogP contribution in [-0.4, -0.2) is 60.3 Å². The summed E-state index contributed by atoms with van der Waals surface area (Å²) in [7, 11) is 0. The molecule has 6 nitrogen and oxygen atoms in total. The first-order valence-corrected chi connectivity index (χ1v) is 12.8. The average molecular weight is 465 g/mol. The number of hydrogen-bond acceptors (Lipinski definition) is 6. The Morgan fingerprint density at radius 3 is 2.30 bits per heavy atom. The smallest absolute Gasteiger partial charge is 0.159 e. The van der Waals surface area contributed by atoms with Crippen molar-refractivity contribution in [3.8, 4) is 0 Å². The van der Waals surface area contributed by atoms with E-state index in [9.17, 15) is 30.3 Å². The van der Waals surface area contributed by atoms with Gasteiger partial charge in [0.05, 0.1) is 29.0 Å². The van der Waals surface area contributed by atoms with Crippen molar-refractivity contribution in [2.24, 2.45) is 28.6 Å². The Morgan fingerprint density at radius 2 is 1.67 bits per heavy atom. The molecule has 6 heteroatoms. The van der Waals surface area contributed by atoms with Crippen LogP contribution in [0.25, 0.3) is 0 Å². The van der Waals surface area contributed by atoms with Gasteiger partial charge in [-0.25, -0.2) is 0 Å². The zero-order chi connectivity index (χ0) is 24.6. The van der Waals surface area contributed by atoms with Crippen molar-refractivity contribution in [2.45, 2.75) is 121 Å². The number of rotatable bonds is 5. The first-order chi connectivity index (χ1) is 15.1. The lowest BCUT2D eigenvalue weighted by molar-refractivity contribution is -0.160. The van der Waals surface area contributed by atoms with Crippen LogP contribution >= 0.6 is 0 Å². The summed E-state index contributed by atoms with van der Waals surface area (Å²) in [4.78, 5) is 13.2. The normalized spacial score (nSPS) is 47.3. The number of aliphatic hydroxyl groups excluding tert-OH is 2. The molecule has 4 aliphatic carbocycles. The summed E-state index contributed by atoms with van der Waals surface area (Å²) >= 11 is 0. The van der Waals surface area contributed by atoms with Crippen LogP contribution in [-0.2, 0) is 4.79 Å². The second-order valence-corrected chi connectivity index (χ2v) is 13.1. The number of carbonyl (C=O) groups excluding carboxylic acids is 1. The molecule has 33 heavy (non-hydrogen) atoms. The van der Waals surface area contributed by atoms with Crippen LogP contribution < -0.4 is 0 Å². The van der Waals surface area contributed by atoms with Crippen LogP contribution in [0.5, 0.6) is 0 Å². The molecule has 0 spiro atoms. The van der Waals surface area contributed by atoms with Crippen LogP contribution in [0.2, 0.25) is 0 Å². The van der Waals surface area contributed by atoms with Crippen molar-refractivity contribution in [3.63, 3.8) is 0 Å². The molecule has 0 radical (unpaired) electrons. The van der Waals surface area contributed by atoms with Crippen molar-refractivity contribution in [1.29, 1.82) is 0 Å². The van der Waals surface area contributed by atoms with Crippen molar-refractivity contribution in [3.05, 3.63) is 11.6 Å². The predicted octanol–water partition coefficient (Wildman–Crippen LogP) is 2.88. The van der Waals surface area contributed by atoms with Crippen LogP contribution in [0.1, 0.15) is 92.4 Å². The molecule has 3 saturated carbocycles. The molecule has 3 fully saturated rings. The Hall–Kier alpha value is -0.790. The maximum Gasteiger partial charge on any atom is 0.159 e. The molecular formula is C27H44O6. The van der Waals surface area contributed by atoms with Gasteiger partial charge < -0.3 is 25.5 Å². The minimum atomic E-state index is -1.16. The highest BCUT2D eigenvalue weighted by Gasteiger charge is 2.68. The minimum Gasteiger partial charge on any atom is -0.390 e. The number of hydrogen-bond donors (Lipinski definition) is 5. The van der Waals surface area contributed by atoms with Crippen molar-refractivity contribution in [1.82, 2.24) is 0 Å². The maximum absolute atomic E-state index is 13.2. The number of fused-ring (bicyclic) bond motifs is 5. The number of aliphatic hydroxyl groups is 5. The molecular weight excluding hydrogens is 420 g/mol. The summed E-state index contributed by atoms with van der Waals surface area (Å²) in [6.07, 6.45) is 5.14. The van der Waals surface area contributed by atoms with Crippen LogP contribution in [0.3, 0.4) is 0 Å². The van der Waals surface area contributed by atoms with Crippen molar-refractivity contribution >= 4 is 5.78 Å². The van der Waals surface area contributed by atoms with E-state index in [1.807, 2.05) is 13.8 Å². The molecule has 0 amide bonds. The van der Waals surface area contributed by atoms with Gasteiger partial charge in [-0.15, -0.1) is 0 Å². The molecule has 188 valence electrons. The lowest BCUT2D eigenvalue weighted by Gasteiger charge is -2.60. The Bertz CT molecular complexity index is 827. The van der Waals surface area contributed by atoms with Gasteiger partial charge >= 0.3 is 0 Å². The molecule has 4 rings (SSSR count). The van der Waals surface area contributed by atoms with Gasteiger partial charge in [0.1, 0.15) is 0 Å². The molecule has 0 saturated heterocycles. The maximum atomic E-state index is 13.2. The lowest BCUT2D eigenvalue weighted by Crippen LogP contribution is -2.61. The lowest BCUT2D eigenvalue weighted by atomic mass is 9.45. The number of ketones is 1. The van der Waals surface area contributed by atoms with Gasteiger partial charge in [0.15, 0.2) is 5.78 Å². The standard InChI is InChI=1S/C27H44O6/c1-23(2,31)9-6-10-26(5,32)22-8-12-27(33)17-13-19(28)18-14-20(29)21(30)15-24(18,3)16(17)7-11-25(22,27)4/h13,16,18,20-22,29-33H,6-12,14-15H2,1-5H3/t16?,18-,20+,21-,22?,24+,25+,26+,27+/m0/s1. The third kappa shape index (κ3) is 3.85. The van der Waals surface area contributed by atoms with Crippen molar-refractivity contribution in [2.75, 3.05) is 0 Å². The SMILES string of the molecule is CC(C)(O)CCC[C@@](C)(O)C1CC[C@@]2(O)C3=CC(=O)[C@@H]4C[C@@H](O)[C@@H](O)C[C@]4(C)C3CC[C@]12C. The van der Waals surface area contributed by atoms with Gasteiger partial charge in [0.25, 0.3) is 0 Å². The zero-order valence-corrected chi connectivity index (χ0v) is 21.0. The van der Waals surface area contributed by atoms with E-state index in [-0.39, 0.29) is 30.0 Å². The topological polar surface area (TPSA) is 118 Å². The average Bonchev–Trinajstić information content (AvgIpc) is 2.95. The monoisotopic (exact) mass is 464 g/mol. The highest BCUT2D eigenvalue weighted by molar-refractivity contribution is 5.95. The summed E-state index contributed by atoms with van der Waals surface area (Å²) in [6.45, 7) is 9.54. The molecule has 0 aromatic heterocycles. The van der Waals surface area contributed by atoms with Gasteiger partial charge in [-0.05, 0) is 107 Å². The minimum absolute atomic E-state index is 0.0145. The molecule has 9 atom stereocenters. The molecule has 0 heterocycles. The molecule has 0 aromatic carbocycles. The first-order valence-electron chi connectivity index (χ1n) is 12.8. The van der Waals surface area contributed by atoms with E-state index in [0.29, 0.717) is 38.5 Å². The fourth-order valence-corrected chi connectivity index (χ4v) is 8.42. The summed E-state index contributed by atoms with van der Waals surface area (Å²) in [6, 6.07) is 0. The second kappa shape index (κ2) is 7.86. The summed E-state index contributed by atoms with van der Waals surface area (Å²) < 4.78 is 0. The third-order valence-corrected chi connectivity index (χ3v) is 10.3. The number of carbonyl (C=O) groups is 1. The van der Waals surface area contributed by atoms with E-state index >= 15 is 0 Å². The molecule has 4 aliphatic rings. The summed E-state index contributed by atoms with van der Waals surface area (Å²) in [5.41, 5.74) is -3.15. The fraction of sp³-hybridized carbons (Fsp3) is 0.889. The number of allylic oxidation sites excluding steroid dienone is 1. The van der Waals surface area contributed by atoms with E-state index in [4.69, 9.17) is 0 Å². The van der Waals surface area contributed by atoms with Gasteiger partial charge in [-0.2, -0.15) is 0 Å². The highest BCUT2D eigenvalue weighted by atomic mass is 16.3. The van der Waals surface area contributed by atoms with E-state index < -0.39 is 39.8 Å². The Labute approximate surface area is 198 Å². The quantitative estimate of drug-likeness (QED) is 0.427. The summed E-state index contributed by atoms with van der Waals surface area (Å²) in [5, 5.41) is 54.5. The van der Waals surface area contributed by atoms with Gasteiger partial charge in [-0.3, -0.25) is 4.79 Å². The Kier molecular flexibility index (Phi) is 6.03. The van der Waals surface area contributed by atoms with Gasteiger partial charge in [0.2, 0.25) is 0 Å². The van der Waals surface area contributed by atoms with E-state index in [0.717, 1.165) is 18.4 Å².